The SMILES string of the molecule is Cc1ccc(NC(=O)COc2ccc(CNc3ccccc3Cl)cc2Br)cc1. The second kappa shape index (κ2) is 9.62. The van der Waals surface area contributed by atoms with Crippen molar-refractivity contribution in [3.63, 3.8) is 0 Å². The average molecular weight is 460 g/mol. The van der Waals surface area contributed by atoms with Crippen molar-refractivity contribution < 1.29 is 9.53 Å². The van der Waals surface area contributed by atoms with Gasteiger partial charge in [-0.25, -0.2) is 0 Å². The Bertz CT molecular complexity index is 961. The molecule has 4 nitrogen and oxygen atoms in total. The summed E-state index contributed by atoms with van der Waals surface area (Å²) in [5.74, 6) is 0.403. The maximum atomic E-state index is 12.1. The zero-order valence-electron chi connectivity index (χ0n) is 15.3. The molecule has 28 heavy (non-hydrogen) atoms. The molecule has 0 heterocycles. The Kier molecular flexibility index (Phi) is 6.95. The lowest BCUT2D eigenvalue weighted by molar-refractivity contribution is -0.118. The maximum Gasteiger partial charge on any atom is 0.262 e. The number of nitrogens with one attached hydrogen (secondary N) is 2. The van der Waals surface area contributed by atoms with Gasteiger partial charge in [-0.1, -0.05) is 47.5 Å². The van der Waals surface area contributed by atoms with E-state index in [1.165, 1.54) is 0 Å². The second-order valence-electron chi connectivity index (χ2n) is 6.30. The summed E-state index contributed by atoms with van der Waals surface area (Å²) in [6.45, 7) is 2.56. The Labute approximate surface area is 178 Å². The van der Waals surface area contributed by atoms with Gasteiger partial charge >= 0.3 is 0 Å². The van der Waals surface area contributed by atoms with E-state index in [2.05, 4.69) is 26.6 Å². The number of amides is 1. The molecule has 0 aliphatic carbocycles. The number of benzene rings is 3. The van der Waals surface area contributed by atoms with Gasteiger partial charge in [-0.05, 0) is 64.8 Å². The molecule has 0 radical (unpaired) electrons. The lowest BCUT2D eigenvalue weighted by Crippen LogP contribution is -2.20. The summed E-state index contributed by atoms with van der Waals surface area (Å²) in [5.41, 5.74) is 3.83. The molecule has 0 aliphatic rings. The Morgan fingerprint density at radius 1 is 1.07 bits per heavy atom. The van der Waals surface area contributed by atoms with Crippen molar-refractivity contribution in [1.82, 2.24) is 0 Å². The number of anilines is 2. The van der Waals surface area contributed by atoms with Crippen LogP contribution >= 0.6 is 27.5 Å². The predicted octanol–water partition coefficient (Wildman–Crippen LogP) is 6.04. The zero-order chi connectivity index (χ0) is 19.9. The van der Waals surface area contributed by atoms with E-state index >= 15 is 0 Å². The third kappa shape index (κ3) is 5.75. The van der Waals surface area contributed by atoms with Crippen LogP contribution in [-0.2, 0) is 11.3 Å². The van der Waals surface area contributed by atoms with Crippen molar-refractivity contribution in [3.05, 3.63) is 87.4 Å². The normalized spacial score (nSPS) is 10.4. The van der Waals surface area contributed by atoms with E-state index in [9.17, 15) is 4.79 Å². The first kappa shape index (κ1) is 20.2. The molecule has 1 amide bonds. The predicted molar refractivity (Wildman–Crippen MR) is 118 cm³/mol. The van der Waals surface area contributed by atoms with Gasteiger partial charge in [-0.15, -0.1) is 0 Å². The number of aryl methyl sites for hydroxylation is 1. The number of hydrogen-bond acceptors (Lipinski definition) is 3. The second-order valence-corrected chi connectivity index (χ2v) is 7.56. The molecular formula is C22H20BrClN2O2. The van der Waals surface area contributed by atoms with Gasteiger partial charge in [0.15, 0.2) is 6.61 Å². The van der Waals surface area contributed by atoms with Crippen molar-refractivity contribution in [1.29, 1.82) is 0 Å². The standard InChI is InChI=1S/C22H20BrClN2O2/c1-15-6-9-17(10-7-15)26-22(27)14-28-21-11-8-16(12-18(21)23)13-25-20-5-3-2-4-19(20)24/h2-12,25H,13-14H2,1H3,(H,26,27). The largest absolute Gasteiger partial charge is 0.483 e. The fourth-order valence-corrected chi connectivity index (χ4v) is 3.29. The van der Waals surface area contributed by atoms with Crippen molar-refractivity contribution in [2.45, 2.75) is 13.5 Å². The molecule has 3 aromatic carbocycles. The average Bonchev–Trinajstić information content (AvgIpc) is 2.68. The molecule has 3 rings (SSSR count). The van der Waals surface area contributed by atoms with Gasteiger partial charge in [0, 0.05) is 12.2 Å². The van der Waals surface area contributed by atoms with E-state index in [0.29, 0.717) is 17.3 Å². The van der Waals surface area contributed by atoms with E-state index in [-0.39, 0.29) is 12.5 Å². The van der Waals surface area contributed by atoms with Crippen LogP contribution in [0.25, 0.3) is 0 Å². The van der Waals surface area contributed by atoms with Crippen molar-refractivity contribution in [3.8, 4) is 5.75 Å². The van der Waals surface area contributed by atoms with E-state index < -0.39 is 0 Å². The van der Waals surface area contributed by atoms with Gasteiger partial charge in [0.1, 0.15) is 5.75 Å². The Morgan fingerprint density at radius 2 is 1.82 bits per heavy atom. The molecule has 0 saturated carbocycles. The Balaban J connectivity index is 1.53. The number of para-hydroxylation sites is 1. The highest BCUT2D eigenvalue weighted by atomic mass is 79.9. The zero-order valence-corrected chi connectivity index (χ0v) is 17.7. The highest BCUT2D eigenvalue weighted by Crippen LogP contribution is 2.27. The maximum absolute atomic E-state index is 12.1. The third-order valence-electron chi connectivity index (χ3n) is 4.05. The van der Waals surface area contributed by atoms with Crippen LogP contribution in [0.15, 0.2) is 71.2 Å². The van der Waals surface area contributed by atoms with Gasteiger partial charge in [-0.2, -0.15) is 0 Å². The lowest BCUT2D eigenvalue weighted by atomic mass is 10.2. The molecule has 0 atom stereocenters. The quantitative estimate of drug-likeness (QED) is 0.453. The Hall–Kier alpha value is -2.50. The molecule has 0 spiro atoms. The highest BCUT2D eigenvalue weighted by Gasteiger charge is 2.08. The van der Waals surface area contributed by atoms with Crippen molar-refractivity contribution in [2.75, 3.05) is 17.2 Å². The minimum Gasteiger partial charge on any atom is -0.483 e. The topological polar surface area (TPSA) is 50.4 Å². The first-order valence-electron chi connectivity index (χ1n) is 8.77. The van der Waals surface area contributed by atoms with Gasteiger partial charge in [-0.3, -0.25) is 4.79 Å². The fraction of sp³-hybridized carbons (Fsp3) is 0.136. The van der Waals surface area contributed by atoms with Crippen LogP contribution in [0, 0.1) is 6.92 Å². The van der Waals surface area contributed by atoms with Gasteiger partial charge in [0.2, 0.25) is 0 Å². The molecule has 0 fully saturated rings. The highest BCUT2D eigenvalue weighted by molar-refractivity contribution is 9.10. The first-order chi connectivity index (χ1) is 13.5. The summed E-state index contributed by atoms with van der Waals surface area (Å²) in [5, 5.41) is 6.79. The number of rotatable bonds is 7. The third-order valence-corrected chi connectivity index (χ3v) is 5.00. The molecule has 0 saturated heterocycles. The summed E-state index contributed by atoms with van der Waals surface area (Å²) in [6, 6.07) is 21.0. The van der Waals surface area contributed by atoms with Gasteiger partial charge < -0.3 is 15.4 Å². The minimum atomic E-state index is -0.208. The smallest absolute Gasteiger partial charge is 0.262 e. The van der Waals surface area contributed by atoms with Crippen LogP contribution < -0.4 is 15.4 Å². The number of carbonyl (C=O) groups is 1. The van der Waals surface area contributed by atoms with Crippen molar-refractivity contribution in [2.24, 2.45) is 0 Å². The lowest BCUT2D eigenvalue weighted by Gasteiger charge is -2.12. The number of halogens is 2. The monoisotopic (exact) mass is 458 g/mol. The van der Waals surface area contributed by atoms with E-state index in [4.69, 9.17) is 16.3 Å². The molecular weight excluding hydrogens is 440 g/mol. The van der Waals surface area contributed by atoms with Crippen LogP contribution in [0.2, 0.25) is 5.02 Å². The summed E-state index contributed by atoms with van der Waals surface area (Å²) in [4.78, 5) is 12.1. The number of carbonyl (C=O) groups excluding carboxylic acids is 1. The van der Waals surface area contributed by atoms with Crippen LogP contribution in [0.3, 0.4) is 0 Å². The molecule has 144 valence electrons. The van der Waals surface area contributed by atoms with Crippen LogP contribution in [0.4, 0.5) is 11.4 Å². The van der Waals surface area contributed by atoms with E-state index in [1.807, 2.05) is 73.7 Å². The molecule has 0 aromatic heterocycles. The molecule has 6 heteroatoms. The molecule has 0 aliphatic heterocycles. The van der Waals surface area contributed by atoms with Gasteiger partial charge in [0.05, 0.1) is 15.2 Å². The summed E-state index contributed by atoms with van der Waals surface area (Å²) >= 11 is 9.66. The van der Waals surface area contributed by atoms with Crippen LogP contribution in [0.1, 0.15) is 11.1 Å². The number of hydrogen-bond donors (Lipinski definition) is 2. The Morgan fingerprint density at radius 3 is 2.54 bits per heavy atom. The van der Waals surface area contributed by atoms with Crippen LogP contribution in [0.5, 0.6) is 5.75 Å². The van der Waals surface area contributed by atoms with E-state index in [0.717, 1.165) is 27.0 Å². The molecule has 3 aromatic rings. The summed E-state index contributed by atoms with van der Waals surface area (Å²) in [6.07, 6.45) is 0. The molecule has 2 N–H and O–H groups in total. The molecule has 0 unspecified atom stereocenters. The molecule has 0 bridgehead atoms. The van der Waals surface area contributed by atoms with Crippen molar-refractivity contribution >= 4 is 44.8 Å². The van der Waals surface area contributed by atoms with Gasteiger partial charge in [0.25, 0.3) is 5.91 Å². The number of ether oxygens (including phenoxy) is 1. The minimum absolute atomic E-state index is 0.0658. The summed E-state index contributed by atoms with van der Waals surface area (Å²) < 4.78 is 6.42. The summed E-state index contributed by atoms with van der Waals surface area (Å²) in [7, 11) is 0. The first-order valence-corrected chi connectivity index (χ1v) is 9.94. The fourth-order valence-electron chi connectivity index (χ4n) is 2.55. The van der Waals surface area contributed by atoms with Crippen LogP contribution in [-0.4, -0.2) is 12.5 Å². The van der Waals surface area contributed by atoms with E-state index in [1.54, 1.807) is 0 Å².